The van der Waals surface area contributed by atoms with Crippen molar-refractivity contribution in [2.24, 2.45) is 0 Å². The van der Waals surface area contributed by atoms with E-state index >= 15 is 0 Å². The van der Waals surface area contributed by atoms with E-state index in [0.717, 1.165) is 18.6 Å². The molecule has 0 radical (unpaired) electrons. The number of carbonyl (C=O) groups excluding carboxylic acids is 1. The Labute approximate surface area is 83.8 Å². The molecule has 0 unspecified atom stereocenters. The quantitative estimate of drug-likeness (QED) is 0.575. The third-order valence-electron chi connectivity index (χ3n) is 1.87. The molecule has 1 heterocycles. The van der Waals surface area contributed by atoms with E-state index in [-0.39, 0.29) is 5.91 Å². The summed E-state index contributed by atoms with van der Waals surface area (Å²) in [5.41, 5.74) is 0. The number of amides is 1. The summed E-state index contributed by atoms with van der Waals surface area (Å²) in [6.07, 6.45) is 3.34. The maximum Gasteiger partial charge on any atom is 0.287 e. The fraction of sp³-hybridized carbons (Fsp3) is 0.364. The van der Waals surface area contributed by atoms with Gasteiger partial charge in [0, 0.05) is 13.0 Å². The van der Waals surface area contributed by atoms with Crippen LogP contribution in [0.15, 0.2) is 29.2 Å². The third-order valence-corrected chi connectivity index (χ3v) is 1.87. The van der Waals surface area contributed by atoms with Crippen molar-refractivity contribution in [2.75, 3.05) is 6.54 Å². The summed E-state index contributed by atoms with van der Waals surface area (Å²) in [4.78, 5) is 11.4. The second-order valence-corrected chi connectivity index (χ2v) is 2.95. The Morgan fingerprint density at radius 2 is 2.43 bits per heavy atom. The molecule has 1 aromatic heterocycles. The number of nitrogens with one attached hydrogen (secondary N) is 1. The first kappa shape index (κ1) is 10.6. The van der Waals surface area contributed by atoms with Crippen LogP contribution in [0.3, 0.4) is 0 Å². The molecule has 0 saturated carbocycles. The van der Waals surface area contributed by atoms with Crippen LogP contribution >= 0.6 is 0 Å². The highest BCUT2D eigenvalue weighted by atomic mass is 16.3. The molecule has 0 aliphatic rings. The van der Waals surface area contributed by atoms with Gasteiger partial charge in [0.1, 0.15) is 5.76 Å². The minimum atomic E-state index is -0.161. The molecule has 0 saturated heterocycles. The van der Waals surface area contributed by atoms with Gasteiger partial charge in [-0.2, -0.15) is 0 Å². The van der Waals surface area contributed by atoms with E-state index in [1.54, 1.807) is 12.1 Å². The summed E-state index contributed by atoms with van der Waals surface area (Å²) in [6.45, 7) is 6.16. The van der Waals surface area contributed by atoms with E-state index in [9.17, 15) is 4.79 Å². The smallest absolute Gasteiger partial charge is 0.287 e. The molecular formula is C11H15NO2. The zero-order chi connectivity index (χ0) is 10.4. The lowest BCUT2D eigenvalue weighted by Crippen LogP contribution is -2.23. The minimum absolute atomic E-state index is 0.161. The van der Waals surface area contributed by atoms with E-state index in [2.05, 4.69) is 11.9 Å². The second kappa shape index (κ2) is 5.27. The van der Waals surface area contributed by atoms with Gasteiger partial charge in [0.05, 0.1) is 0 Å². The lowest BCUT2D eigenvalue weighted by atomic mass is 10.3. The van der Waals surface area contributed by atoms with E-state index in [1.807, 2.05) is 13.0 Å². The van der Waals surface area contributed by atoms with Gasteiger partial charge in [0.2, 0.25) is 0 Å². The van der Waals surface area contributed by atoms with Crippen molar-refractivity contribution in [1.29, 1.82) is 0 Å². The summed E-state index contributed by atoms with van der Waals surface area (Å²) in [6, 6.07) is 3.52. The van der Waals surface area contributed by atoms with E-state index in [4.69, 9.17) is 4.42 Å². The summed E-state index contributed by atoms with van der Waals surface area (Å²) >= 11 is 0. The molecule has 3 nitrogen and oxygen atoms in total. The van der Waals surface area contributed by atoms with Gasteiger partial charge in [-0.1, -0.05) is 13.0 Å². The van der Waals surface area contributed by atoms with Crippen LogP contribution in [0.1, 0.15) is 29.7 Å². The van der Waals surface area contributed by atoms with Crippen LogP contribution in [0.25, 0.3) is 0 Å². The molecule has 0 aromatic carbocycles. The van der Waals surface area contributed by atoms with Crippen LogP contribution in [0.4, 0.5) is 0 Å². The van der Waals surface area contributed by atoms with Crippen LogP contribution in [-0.2, 0) is 6.42 Å². The Kier molecular flexibility index (Phi) is 3.98. The van der Waals surface area contributed by atoms with Gasteiger partial charge >= 0.3 is 0 Å². The lowest BCUT2D eigenvalue weighted by Gasteiger charge is -1.99. The SMILES string of the molecule is C=CCCNC(=O)c1ccc(CC)o1. The molecule has 1 rings (SSSR count). The molecule has 76 valence electrons. The number of carbonyl (C=O) groups is 1. The average molecular weight is 193 g/mol. The fourth-order valence-corrected chi connectivity index (χ4v) is 1.06. The van der Waals surface area contributed by atoms with Crippen LogP contribution in [0.5, 0.6) is 0 Å². The van der Waals surface area contributed by atoms with Crippen molar-refractivity contribution >= 4 is 5.91 Å². The number of aryl methyl sites for hydroxylation is 1. The summed E-state index contributed by atoms with van der Waals surface area (Å²) in [5.74, 6) is 1.05. The van der Waals surface area contributed by atoms with Crippen LogP contribution in [0.2, 0.25) is 0 Å². The second-order valence-electron chi connectivity index (χ2n) is 2.95. The van der Waals surface area contributed by atoms with Crippen molar-refractivity contribution < 1.29 is 9.21 Å². The molecule has 0 bridgehead atoms. The highest BCUT2D eigenvalue weighted by molar-refractivity contribution is 5.91. The predicted octanol–water partition coefficient (Wildman–Crippen LogP) is 2.15. The van der Waals surface area contributed by atoms with Crippen molar-refractivity contribution in [3.8, 4) is 0 Å². The maximum atomic E-state index is 11.4. The van der Waals surface area contributed by atoms with Gasteiger partial charge in [-0.25, -0.2) is 0 Å². The zero-order valence-electron chi connectivity index (χ0n) is 8.38. The lowest BCUT2D eigenvalue weighted by molar-refractivity contribution is 0.0925. The maximum absolute atomic E-state index is 11.4. The highest BCUT2D eigenvalue weighted by Crippen LogP contribution is 2.07. The van der Waals surface area contributed by atoms with Crippen molar-refractivity contribution in [1.82, 2.24) is 5.32 Å². The number of furan rings is 1. The molecule has 1 N–H and O–H groups in total. The molecule has 3 heteroatoms. The van der Waals surface area contributed by atoms with Gasteiger partial charge < -0.3 is 9.73 Å². The number of hydrogen-bond acceptors (Lipinski definition) is 2. The molecule has 0 spiro atoms. The molecule has 1 amide bonds. The Hall–Kier alpha value is -1.51. The van der Waals surface area contributed by atoms with Crippen LogP contribution in [-0.4, -0.2) is 12.5 Å². The Balaban J connectivity index is 2.47. The van der Waals surface area contributed by atoms with E-state index in [1.165, 1.54) is 0 Å². The molecule has 1 aromatic rings. The number of hydrogen-bond donors (Lipinski definition) is 1. The predicted molar refractivity (Wildman–Crippen MR) is 55.2 cm³/mol. The van der Waals surface area contributed by atoms with Gasteiger partial charge in [-0.15, -0.1) is 6.58 Å². The zero-order valence-corrected chi connectivity index (χ0v) is 8.38. The van der Waals surface area contributed by atoms with Gasteiger partial charge in [-0.05, 0) is 18.6 Å². The summed E-state index contributed by atoms with van der Waals surface area (Å²) in [5, 5.41) is 2.73. The van der Waals surface area contributed by atoms with E-state index < -0.39 is 0 Å². The van der Waals surface area contributed by atoms with Gasteiger partial charge in [-0.3, -0.25) is 4.79 Å². The fourth-order valence-electron chi connectivity index (χ4n) is 1.06. The molecule has 0 aliphatic carbocycles. The van der Waals surface area contributed by atoms with Crippen molar-refractivity contribution in [3.63, 3.8) is 0 Å². The van der Waals surface area contributed by atoms with Crippen molar-refractivity contribution in [2.45, 2.75) is 19.8 Å². The topological polar surface area (TPSA) is 42.2 Å². The summed E-state index contributed by atoms with van der Waals surface area (Å²) in [7, 11) is 0. The Bertz CT molecular complexity index is 315. The molecule has 14 heavy (non-hydrogen) atoms. The molecular weight excluding hydrogens is 178 g/mol. The monoisotopic (exact) mass is 193 g/mol. The average Bonchev–Trinajstić information content (AvgIpc) is 2.66. The van der Waals surface area contributed by atoms with Gasteiger partial charge in [0.25, 0.3) is 5.91 Å². The van der Waals surface area contributed by atoms with Crippen LogP contribution in [0, 0.1) is 0 Å². The number of rotatable bonds is 5. The standard InChI is InChI=1S/C11H15NO2/c1-3-5-8-12-11(13)10-7-6-9(4-2)14-10/h3,6-7H,1,4-5,8H2,2H3,(H,12,13). The normalized spacial score (nSPS) is 9.79. The minimum Gasteiger partial charge on any atom is -0.456 e. The van der Waals surface area contributed by atoms with Crippen molar-refractivity contribution in [3.05, 3.63) is 36.3 Å². The van der Waals surface area contributed by atoms with Gasteiger partial charge in [0.15, 0.2) is 5.76 Å². The first-order chi connectivity index (χ1) is 6.77. The van der Waals surface area contributed by atoms with E-state index in [0.29, 0.717) is 12.3 Å². The molecule has 0 atom stereocenters. The first-order valence-corrected chi connectivity index (χ1v) is 4.75. The Morgan fingerprint density at radius 1 is 1.64 bits per heavy atom. The Morgan fingerprint density at radius 3 is 3.00 bits per heavy atom. The highest BCUT2D eigenvalue weighted by Gasteiger charge is 2.08. The summed E-state index contributed by atoms with van der Waals surface area (Å²) < 4.78 is 5.29. The first-order valence-electron chi connectivity index (χ1n) is 4.75. The third kappa shape index (κ3) is 2.76. The molecule has 0 aliphatic heterocycles. The largest absolute Gasteiger partial charge is 0.456 e. The molecule has 0 fully saturated rings. The van der Waals surface area contributed by atoms with Crippen LogP contribution < -0.4 is 5.32 Å².